The second-order valence-corrected chi connectivity index (χ2v) is 10.8. The molecule has 0 saturated carbocycles. The van der Waals surface area contributed by atoms with Crippen LogP contribution in [-0.2, 0) is 9.59 Å². The topological polar surface area (TPSA) is 137 Å². The van der Waals surface area contributed by atoms with Crippen LogP contribution >= 0.6 is 0 Å². The maximum absolute atomic E-state index is 12.4. The predicted molar refractivity (Wildman–Crippen MR) is 164 cm³/mol. The van der Waals surface area contributed by atoms with Crippen molar-refractivity contribution in [3.8, 4) is 0 Å². The van der Waals surface area contributed by atoms with Gasteiger partial charge in [-0.3, -0.25) is 9.59 Å². The number of carbonyl (C=O) groups is 2. The Hall–Kier alpha value is -1.38. The molecule has 0 aliphatic carbocycles. The van der Waals surface area contributed by atoms with Gasteiger partial charge in [0.1, 0.15) is 0 Å². The van der Waals surface area contributed by atoms with Crippen molar-refractivity contribution in [2.75, 3.05) is 131 Å². The molecular formula is C28H60N10O2. The fourth-order valence-corrected chi connectivity index (χ4v) is 4.88. The molecule has 12 heteroatoms. The number of nitrogens with zero attached hydrogens (tertiary/aromatic N) is 2. The lowest BCUT2D eigenvalue weighted by molar-refractivity contribution is -0.123. The van der Waals surface area contributed by atoms with E-state index in [2.05, 4.69) is 52.3 Å². The van der Waals surface area contributed by atoms with Crippen molar-refractivity contribution >= 4 is 11.8 Å². The summed E-state index contributed by atoms with van der Waals surface area (Å²) in [5.41, 5.74) is 0. The van der Waals surface area contributed by atoms with Crippen LogP contribution in [0.4, 0.5) is 0 Å². The van der Waals surface area contributed by atoms with Crippen molar-refractivity contribution in [1.82, 2.24) is 52.3 Å². The van der Waals surface area contributed by atoms with Crippen molar-refractivity contribution in [2.24, 2.45) is 0 Å². The molecule has 8 N–H and O–H groups in total. The van der Waals surface area contributed by atoms with Crippen LogP contribution in [0.5, 0.6) is 0 Å². The lowest BCUT2D eigenvalue weighted by atomic mass is 10.3. The molecule has 0 radical (unpaired) electrons. The Morgan fingerprint density at radius 1 is 0.450 bits per heavy atom. The van der Waals surface area contributed by atoms with Gasteiger partial charge in [-0.1, -0.05) is 0 Å². The third-order valence-electron chi connectivity index (χ3n) is 7.32. The largest absolute Gasteiger partial charge is 0.354 e. The molecule has 2 amide bonds. The van der Waals surface area contributed by atoms with Gasteiger partial charge in [0.2, 0.25) is 11.8 Å². The first-order valence-corrected chi connectivity index (χ1v) is 16.0. The molecule has 0 bridgehead atoms. The first-order valence-electron chi connectivity index (χ1n) is 16.0. The van der Waals surface area contributed by atoms with Gasteiger partial charge >= 0.3 is 0 Å². The molecule has 0 atom stereocenters. The molecule has 0 unspecified atom stereocenters. The molecule has 2 rings (SSSR count). The molecule has 0 aromatic rings. The molecule has 0 aromatic heterocycles. The summed E-state index contributed by atoms with van der Waals surface area (Å²) in [6, 6.07) is 0. The van der Waals surface area contributed by atoms with Crippen LogP contribution in [0.2, 0.25) is 0 Å². The van der Waals surface area contributed by atoms with Crippen LogP contribution in [0.25, 0.3) is 0 Å². The molecule has 2 heterocycles. The summed E-state index contributed by atoms with van der Waals surface area (Å²) >= 11 is 0. The van der Waals surface area contributed by atoms with E-state index in [0.29, 0.717) is 25.9 Å². The molecule has 2 aliphatic heterocycles. The van der Waals surface area contributed by atoms with E-state index in [9.17, 15) is 9.59 Å². The van der Waals surface area contributed by atoms with E-state index in [1.807, 2.05) is 0 Å². The van der Waals surface area contributed by atoms with E-state index >= 15 is 0 Å². The molecule has 2 saturated heterocycles. The maximum Gasteiger partial charge on any atom is 0.221 e. The molecule has 2 aliphatic rings. The van der Waals surface area contributed by atoms with Crippen LogP contribution in [0.15, 0.2) is 0 Å². The van der Waals surface area contributed by atoms with Gasteiger partial charge in [0.15, 0.2) is 0 Å². The maximum atomic E-state index is 12.4. The Morgan fingerprint density at radius 2 is 0.800 bits per heavy atom. The minimum atomic E-state index is 0.0496. The summed E-state index contributed by atoms with van der Waals surface area (Å²) in [4.78, 5) is 29.6. The van der Waals surface area contributed by atoms with Crippen molar-refractivity contribution in [2.45, 2.75) is 38.5 Å². The smallest absolute Gasteiger partial charge is 0.221 e. The zero-order valence-corrected chi connectivity index (χ0v) is 25.1. The van der Waals surface area contributed by atoms with Crippen LogP contribution in [0, 0.1) is 0 Å². The van der Waals surface area contributed by atoms with Gasteiger partial charge in [-0.15, -0.1) is 0 Å². The summed E-state index contributed by atoms with van der Waals surface area (Å²) in [5.74, 6) is 0.0991. The minimum Gasteiger partial charge on any atom is -0.354 e. The molecular weight excluding hydrogens is 508 g/mol. The van der Waals surface area contributed by atoms with E-state index < -0.39 is 0 Å². The first-order chi connectivity index (χ1) is 19.7. The molecule has 40 heavy (non-hydrogen) atoms. The van der Waals surface area contributed by atoms with Gasteiger partial charge < -0.3 is 52.3 Å². The van der Waals surface area contributed by atoms with Gasteiger partial charge in [0.05, 0.1) is 0 Å². The fourth-order valence-electron chi connectivity index (χ4n) is 4.88. The van der Waals surface area contributed by atoms with Crippen molar-refractivity contribution < 1.29 is 9.59 Å². The highest BCUT2D eigenvalue weighted by molar-refractivity contribution is 5.77. The fraction of sp³-hybridized carbons (Fsp3) is 0.929. The molecule has 0 spiro atoms. The third-order valence-corrected chi connectivity index (χ3v) is 7.32. The average Bonchev–Trinajstić information content (AvgIpc) is 2.96. The Kier molecular flexibility index (Phi) is 22.1. The molecule has 234 valence electrons. The van der Waals surface area contributed by atoms with Crippen LogP contribution in [0.1, 0.15) is 38.5 Å². The number of amides is 2. The van der Waals surface area contributed by atoms with Crippen molar-refractivity contribution in [1.29, 1.82) is 0 Å². The van der Waals surface area contributed by atoms with Crippen LogP contribution < -0.4 is 42.5 Å². The molecule has 12 nitrogen and oxygen atoms in total. The van der Waals surface area contributed by atoms with E-state index in [-0.39, 0.29) is 11.8 Å². The second-order valence-electron chi connectivity index (χ2n) is 10.8. The Balaban J connectivity index is 1.55. The van der Waals surface area contributed by atoms with E-state index in [0.717, 1.165) is 143 Å². The zero-order chi connectivity index (χ0) is 28.4. The highest BCUT2D eigenvalue weighted by Gasteiger charge is 2.11. The Labute approximate surface area is 243 Å². The Bertz CT molecular complexity index is 548. The number of carbonyl (C=O) groups excluding carboxylic acids is 2. The standard InChI is InChI=1S/C28H60N10O2/c39-27(5-23-37-21-3-11-31-15-13-29-7-1-9-33-19-25-37)35-17-18-36-28(40)6-24-38-22-4-12-32-16-14-30-8-2-10-34-20-26-38/h29-34H,1-26H2,(H,35,39)(H,36,40). The van der Waals surface area contributed by atoms with E-state index in [1.165, 1.54) is 0 Å². The van der Waals surface area contributed by atoms with E-state index in [1.54, 1.807) is 0 Å². The zero-order valence-electron chi connectivity index (χ0n) is 25.1. The Morgan fingerprint density at radius 3 is 1.20 bits per heavy atom. The van der Waals surface area contributed by atoms with Crippen molar-refractivity contribution in [3.05, 3.63) is 0 Å². The van der Waals surface area contributed by atoms with Crippen molar-refractivity contribution in [3.63, 3.8) is 0 Å². The lowest BCUT2D eigenvalue weighted by Gasteiger charge is -2.23. The highest BCUT2D eigenvalue weighted by Crippen LogP contribution is 1.96. The van der Waals surface area contributed by atoms with Crippen LogP contribution in [-0.4, -0.2) is 153 Å². The molecule has 0 aromatic carbocycles. The van der Waals surface area contributed by atoms with Crippen LogP contribution in [0.3, 0.4) is 0 Å². The number of rotatable bonds is 9. The normalized spacial score (nSPS) is 21.5. The van der Waals surface area contributed by atoms with E-state index in [4.69, 9.17) is 0 Å². The summed E-state index contributed by atoms with van der Waals surface area (Å²) < 4.78 is 0. The number of nitrogens with one attached hydrogen (secondary N) is 8. The molecule has 2 fully saturated rings. The first kappa shape index (κ1) is 34.8. The summed E-state index contributed by atoms with van der Waals surface area (Å²) in [6.07, 6.45) is 5.39. The summed E-state index contributed by atoms with van der Waals surface area (Å²) in [7, 11) is 0. The lowest BCUT2D eigenvalue weighted by Crippen LogP contribution is -2.40. The number of hydrogen-bond donors (Lipinski definition) is 8. The monoisotopic (exact) mass is 568 g/mol. The number of hydrogen-bond acceptors (Lipinski definition) is 10. The highest BCUT2D eigenvalue weighted by atomic mass is 16.2. The predicted octanol–water partition coefficient (Wildman–Crippen LogP) is -2.27. The SMILES string of the molecule is O=C(CCN1CCCNCCNCCCNCC1)NCCNC(=O)CCN1CCCNCCNCCCNCC1. The van der Waals surface area contributed by atoms with Gasteiger partial charge in [0, 0.05) is 91.4 Å². The van der Waals surface area contributed by atoms with Gasteiger partial charge in [-0.05, 0) is 78.0 Å². The average molecular weight is 569 g/mol. The van der Waals surface area contributed by atoms with Gasteiger partial charge in [-0.25, -0.2) is 0 Å². The van der Waals surface area contributed by atoms with Gasteiger partial charge in [-0.2, -0.15) is 0 Å². The summed E-state index contributed by atoms with van der Waals surface area (Å²) in [5, 5.41) is 26.8. The quantitative estimate of drug-likeness (QED) is 0.144. The minimum absolute atomic E-state index is 0.0496. The van der Waals surface area contributed by atoms with Gasteiger partial charge in [0.25, 0.3) is 0 Å². The third kappa shape index (κ3) is 20.5. The summed E-state index contributed by atoms with van der Waals surface area (Å²) in [6.45, 7) is 18.4. The second kappa shape index (κ2) is 25.3.